The molecule has 0 aromatic heterocycles. The van der Waals surface area contributed by atoms with Crippen molar-refractivity contribution >= 4 is 23.1 Å². The van der Waals surface area contributed by atoms with Crippen molar-refractivity contribution in [2.45, 2.75) is 58.5 Å². The Bertz CT molecular complexity index is 997. The molecule has 30 heavy (non-hydrogen) atoms. The first-order chi connectivity index (χ1) is 14.4. The number of aliphatic hydroxyl groups excluding tert-OH is 1. The first-order valence-electron chi connectivity index (χ1n) is 10.7. The fourth-order valence-corrected chi connectivity index (χ4v) is 4.23. The van der Waals surface area contributed by atoms with Crippen LogP contribution in [0.15, 0.2) is 24.3 Å². The highest BCUT2D eigenvalue weighted by Gasteiger charge is 2.33. The molecule has 4 rings (SSSR count). The van der Waals surface area contributed by atoms with Crippen molar-refractivity contribution in [1.82, 2.24) is 19.7 Å². The first-order valence-corrected chi connectivity index (χ1v) is 10.7. The number of hydrogen-bond acceptors (Lipinski definition) is 7. The van der Waals surface area contributed by atoms with Gasteiger partial charge in [0, 0.05) is 24.0 Å². The predicted octanol–water partition coefficient (Wildman–Crippen LogP) is 3.77. The summed E-state index contributed by atoms with van der Waals surface area (Å²) in [5.74, 6) is 1.73. The molecule has 0 spiro atoms. The second-order valence-corrected chi connectivity index (χ2v) is 8.58. The molecule has 3 heterocycles. The van der Waals surface area contributed by atoms with E-state index in [0.29, 0.717) is 11.5 Å². The number of nitrogens with two attached hydrogens (primary N) is 1. The van der Waals surface area contributed by atoms with E-state index >= 15 is 0 Å². The maximum atomic E-state index is 9.95. The summed E-state index contributed by atoms with van der Waals surface area (Å²) >= 11 is 0. The van der Waals surface area contributed by atoms with Crippen LogP contribution >= 0.6 is 0 Å². The van der Waals surface area contributed by atoms with Gasteiger partial charge in [0.15, 0.2) is 11.5 Å². The lowest BCUT2D eigenvalue weighted by molar-refractivity contribution is 0.264. The molecule has 1 atom stereocenters. The number of nitrogens with zero attached hydrogens (tertiary/aromatic N) is 5. The van der Waals surface area contributed by atoms with Gasteiger partial charge >= 0.3 is 0 Å². The Morgan fingerprint density at radius 3 is 2.70 bits per heavy atom. The molecular formula is C22H31N7O. The topological polar surface area (TPSA) is 105 Å². The van der Waals surface area contributed by atoms with Crippen LogP contribution in [0.5, 0.6) is 0 Å². The summed E-state index contributed by atoms with van der Waals surface area (Å²) in [6, 6.07) is 7.83. The van der Waals surface area contributed by atoms with E-state index in [1.54, 1.807) is 0 Å². The molecule has 0 bridgehead atoms. The highest BCUT2D eigenvalue weighted by Crippen LogP contribution is 2.40. The molecule has 1 unspecified atom stereocenters. The van der Waals surface area contributed by atoms with E-state index < -0.39 is 0 Å². The first kappa shape index (κ1) is 20.4. The molecular weight excluding hydrogens is 378 g/mol. The monoisotopic (exact) mass is 409 g/mol. The third kappa shape index (κ3) is 3.56. The Balaban J connectivity index is 1.94. The highest BCUT2D eigenvalue weighted by molar-refractivity contribution is 5.78. The standard InChI is InChI=1S/C22H31N7O/c1-13(2)18-20-19(27-26-18)21(24-16-8-5-7-15(23)11-16)25-22(29(20)14(3)4)28-10-6-9-17(28)12-30/h5,7-8,11,13-14,17,24,30H,6,9-10,12,23H2,1-4H3. The van der Waals surface area contributed by atoms with E-state index in [1.165, 1.54) is 0 Å². The third-order valence-electron chi connectivity index (χ3n) is 5.67. The molecule has 1 aromatic carbocycles. The summed E-state index contributed by atoms with van der Waals surface area (Å²) in [7, 11) is 0. The van der Waals surface area contributed by atoms with Crippen LogP contribution in [0, 0.1) is 0 Å². The van der Waals surface area contributed by atoms with Crippen LogP contribution in [0.2, 0.25) is 0 Å². The fraction of sp³-hybridized carbons (Fsp3) is 0.500. The van der Waals surface area contributed by atoms with Gasteiger partial charge in [-0.25, -0.2) is 0 Å². The number of nitrogen functional groups attached to an aromatic ring is 1. The Morgan fingerprint density at radius 2 is 2.03 bits per heavy atom. The van der Waals surface area contributed by atoms with Crippen molar-refractivity contribution in [2.24, 2.45) is 0 Å². The van der Waals surface area contributed by atoms with Gasteiger partial charge < -0.3 is 25.6 Å². The molecule has 8 heteroatoms. The summed E-state index contributed by atoms with van der Waals surface area (Å²) in [5.41, 5.74) is 10.2. The van der Waals surface area contributed by atoms with Crippen molar-refractivity contribution in [2.75, 3.05) is 29.1 Å². The van der Waals surface area contributed by atoms with E-state index in [2.05, 4.69) is 52.7 Å². The van der Waals surface area contributed by atoms with Gasteiger partial charge in [-0.3, -0.25) is 0 Å². The number of rotatable bonds is 6. The Morgan fingerprint density at radius 1 is 1.23 bits per heavy atom. The zero-order valence-corrected chi connectivity index (χ0v) is 18.1. The van der Waals surface area contributed by atoms with Crippen molar-refractivity contribution in [3.05, 3.63) is 30.0 Å². The van der Waals surface area contributed by atoms with E-state index in [0.717, 1.165) is 48.1 Å². The van der Waals surface area contributed by atoms with E-state index in [1.807, 2.05) is 24.3 Å². The molecule has 1 aromatic rings. The smallest absolute Gasteiger partial charge is 0.208 e. The van der Waals surface area contributed by atoms with E-state index in [9.17, 15) is 5.11 Å². The number of fused-ring (bicyclic) bond motifs is 1. The van der Waals surface area contributed by atoms with Crippen molar-refractivity contribution in [3.63, 3.8) is 0 Å². The SMILES string of the molecule is CC(C)c1nnc2c(Nc3cccc(N)c3)nc(N3CCCC3CO)n(C(C)C)c1-2. The van der Waals surface area contributed by atoms with Crippen LogP contribution in [0.1, 0.15) is 58.2 Å². The van der Waals surface area contributed by atoms with Crippen molar-refractivity contribution in [3.8, 4) is 11.4 Å². The molecule has 0 aliphatic carbocycles. The summed E-state index contributed by atoms with van der Waals surface area (Å²) in [5, 5.41) is 22.4. The lowest BCUT2D eigenvalue weighted by Gasteiger charge is -2.31. The van der Waals surface area contributed by atoms with Gasteiger partial charge in [-0.15, -0.1) is 5.10 Å². The minimum Gasteiger partial charge on any atom is -0.399 e. The van der Waals surface area contributed by atoms with Gasteiger partial charge in [-0.2, -0.15) is 10.1 Å². The number of nitrogens with one attached hydrogen (secondary N) is 1. The van der Waals surface area contributed by atoms with E-state index in [4.69, 9.17) is 10.7 Å². The normalized spacial score (nSPS) is 16.9. The summed E-state index contributed by atoms with van der Waals surface area (Å²) in [6.07, 6.45) is 2.00. The van der Waals surface area contributed by atoms with Crippen LogP contribution in [0.4, 0.5) is 23.1 Å². The molecule has 8 nitrogen and oxygen atoms in total. The fourth-order valence-electron chi connectivity index (χ4n) is 4.23. The lowest BCUT2D eigenvalue weighted by Crippen LogP contribution is -2.36. The van der Waals surface area contributed by atoms with Crippen LogP contribution in [0.25, 0.3) is 11.4 Å². The summed E-state index contributed by atoms with van der Waals surface area (Å²) in [6.45, 7) is 9.54. The van der Waals surface area contributed by atoms with Gasteiger partial charge in [0.05, 0.1) is 24.0 Å². The second-order valence-electron chi connectivity index (χ2n) is 8.58. The third-order valence-corrected chi connectivity index (χ3v) is 5.67. The number of benzene rings is 1. The summed E-state index contributed by atoms with van der Waals surface area (Å²) < 4.78 is 2.23. The average molecular weight is 410 g/mol. The second kappa shape index (κ2) is 8.10. The summed E-state index contributed by atoms with van der Waals surface area (Å²) in [4.78, 5) is 7.25. The molecule has 160 valence electrons. The quantitative estimate of drug-likeness (QED) is 0.532. The number of anilines is 4. The molecule has 0 amide bonds. The molecule has 0 radical (unpaired) electrons. The minimum absolute atomic E-state index is 0.0681. The van der Waals surface area contributed by atoms with Crippen LogP contribution in [0.3, 0.4) is 0 Å². The minimum atomic E-state index is 0.0681. The van der Waals surface area contributed by atoms with Gasteiger partial charge in [-0.1, -0.05) is 19.9 Å². The average Bonchev–Trinajstić information content (AvgIpc) is 3.34. The Hall–Kier alpha value is -2.87. The number of aromatic nitrogens is 4. The predicted molar refractivity (Wildman–Crippen MR) is 121 cm³/mol. The highest BCUT2D eigenvalue weighted by atomic mass is 16.3. The molecule has 3 aliphatic rings. The zero-order chi connectivity index (χ0) is 21.4. The van der Waals surface area contributed by atoms with Crippen LogP contribution in [-0.2, 0) is 0 Å². The van der Waals surface area contributed by atoms with Crippen LogP contribution in [-0.4, -0.2) is 44.0 Å². The van der Waals surface area contributed by atoms with E-state index in [-0.39, 0.29) is 24.6 Å². The number of aliphatic hydroxyl groups is 1. The van der Waals surface area contributed by atoms with Gasteiger partial charge in [0.25, 0.3) is 0 Å². The largest absolute Gasteiger partial charge is 0.399 e. The molecule has 4 N–H and O–H groups in total. The van der Waals surface area contributed by atoms with Gasteiger partial charge in [-0.05, 0) is 50.8 Å². The maximum Gasteiger partial charge on any atom is 0.208 e. The Kier molecular flexibility index (Phi) is 5.51. The maximum absolute atomic E-state index is 9.95. The molecule has 1 fully saturated rings. The zero-order valence-electron chi connectivity index (χ0n) is 18.1. The van der Waals surface area contributed by atoms with Crippen molar-refractivity contribution < 1.29 is 5.11 Å². The van der Waals surface area contributed by atoms with Crippen molar-refractivity contribution in [1.29, 1.82) is 0 Å². The molecule has 0 saturated carbocycles. The van der Waals surface area contributed by atoms with Gasteiger partial charge in [0.1, 0.15) is 0 Å². The molecule has 1 saturated heterocycles. The number of hydrogen-bond donors (Lipinski definition) is 3. The Labute approximate surface area is 177 Å². The van der Waals surface area contributed by atoms with Crippen LogP contribution < -0.4 is 16.0 Å². The molecule has 3 aliphatic heterocycles. The lowest BCUT2D eigenvalue weighted by atomic mass is 10.1. The van der Waals surface area contributed by atoms with Gasteiger partial charge in [0.2, 0.25) is 5.95 Å².